The summed E-state index contributed by atoms with van der Waals surface area (Å²) < 4.78 is 24.3. The van der Waals surface area contributed by atoms with Crippen LogP contribution in [-0.4, -0.2) is 91.2 Å². The number of carbonyl (C=O) groups is 2. The van der Waals surface area contributed by atoms with Crippen molar-refractivity contribution in [2.24, 2.45) is 5.92 Å². The molecule has 1 saturated carbocycles. The zero-order valence-corrected chi connectivity index (χ0v) is 24.1. The number of aromatic nitrogens is 3. The summed E-state index contributed by atoms with van der Waals surface area (Å²) in [5, 5.41) is 10.8. The molecule has 218 valence electrons. The number of amides is 2. The Labute approximate surface area is 242 Å². The predicted molar refractivity (Wildman–Crippen MR) is 151 cm³/mol. The van der Waals surface area contributed by atoms with Gasteiger partial charge in [0.25, 0.3) is 0 Å². The average molecular weight is 585 g/mol. The third-order valence-corrected chi connectivity index (χ3v) is 10.2. The first-order chi connectivity index (χ1) is 19.7. The highest BCUT2D eigenvalue weighted by Gasteiger charge is 2.56. The number of nitrogens with zero attached hydrogens (tertiary/aromatic N) is 6. The van der Waals surface area contributed by atoms with Gasteiger partial charge in [-0.1, -0.05) is 11.6 Å². The lowest BCUT2D eigenvalue weighted by atomic mass is 9.79. The smallest absolute Gasteiger partial charge is 0.407 e. The number of carbonyl (C=O) groups excluding carboxylic acids is 1. The SMILES string of the molecule is CC(=O)N1CCC[C@@H]1c1cc2c(OC(C)[C@@H]3CCCN3C)nc3c(F)c(Cl)ncc3c2n1[C@H]1[C@@H]2C[C@H]1N(C(=O)O)C2. The van der Waals surface area contributed by atoms with E-state index in [1.54, 1.807) is 13.1 Å². The van der Waals surface area contributed by atoms with Crippen LogP contribution in [0.25, 0.3) is 21.8 Å². The van der Waals surface area contributed by atoms with Crippen molar-refractivity contribution in [1.82, 2.24) is 29.2 Å². The number of carboxylic acid groups (broad SMARTS) is 1. The minimum absolute atomic E-state index is 0.00936. The first-order valence-electron chi connectivity index (χ1n) is 14.5. The van der Waals surface area contributed by atoms with Crippen molar-refractivity contribution in [2.45, 2.75) is 76.2 Å². The van der Waals surface area contributed by atoms with E-state index in [1.807, 2.05) is 17.9 Å². The molecule has 41 heavy (non-hydrogen) atoms. The molecule has 7 heterocycles. The number of fused-ring (bicyclic) bond motifs is 4. The number of likely N-dealkylation sites (tertiary alicyclic amines) is 2. The predicted octanol–water partition coefficient (Wildman–Crippen LogP) is 4.85. The summed E-state index contributed by atoms with van der Waals surface area (Å²) in [4.78, 5) is 39.3. The van der Waals surface area contributed by atoms with Crippen LogP contribution in [0.5, 0.6) is 5.88 Å². The molecule has 5 aliphatic rings. The molecule has 10 nitrogen and oxygen atoms in total. The minimum atomic E-state index is -0.936. The Morgan fingerprint density at radius 3 is 2.66 bits per heavy atom. The maximum atomic E-state index is 15.6. The molecule has 2 bridgehead atoms. The number of ether oxygens (including phenoxy) is 1. The highest BCUT2D eigenvalue weighted by atomic mass is 35.5. The molecule has 0 radical (unpaired) electrons. The van der Waals surface area contributed by atoms with Gasteiger partial charge < -0.3 is 24.2 Å². The van der Waals surface area contributed by atoms with Gasteiger partial charge in [0.2, 0.25) is 11.8 Å². The summed E-state index contributed by atoms with van der Waals surface area (Å²) in [7, 11) is 2.08. The van der Waals surface area contributed by atoms with Gasteiger partial charge >= 0.3 is 6.09 Å². The molecule has 6 atom stereocenters. The van der Waals surface area contributed by atoms with Crippen LogP contribution >= 0.6 is 11.6 Å². The average Bonchev–Trinajstić information content (AvgIpc) is 3.73. The molecular weight excluding hydrogens is 551 g/mol. The Hall–Kier alpha value is -3.18. The van der Waals surface area contributed by atoms with E-state index in [-0.39, 0.29) is 52.8 Å². The van der Waals surface area contributed by atoms with Gasteiger partial charge in [0.15, 0.2) is 11.0 Å². The topological polar surface area (TPSA) is 104 Å². The van der Waals surface area contributed by atoms with Gasteiger partial charge in [-0.25, -0.2) is 19.2 Å². The van der Waals surface area contributed by atoms with Crippen LogP contribution in [0.2, 0.25) is 5.15 Å². The summed E-state index contributed by atoms with van der Waals surface area (Å²) in [6.45, 7) is 5.68. The van der Waals surface area contributed by atoms with Crippen LogP contribution in [-0.2, 0) is 4.79 Å². The van der Waals surface area contributed by atoms with E-state index in [0.29, 0.717) is 35.3 Å². The molecule has 0 aromatic carbocycles. The fraction of sp³-hybridized carbons (Fsp3) is 0.586. The van der Waals surface area contributed by atoms with Crippen molar-refractivity contribution in [3.8, 4) is 5.88 Å². The molecule has 3 aromatic heterocycles. The van der Waals surface area contributed by atoms with Crippen LogP contribution in [0.4, 0.5) is 9.18 Å². The standard InChI is InChI=1S/C29H34ClFN6O4/c1-14(19-6-4-8-34(19)3)41-28-17-11-21(20-7-5-9-35(20)15(2)38)37(25-16-10-22(25)36(13-16)29(39)40)26(17)18-12-32-27(30)23(31)24(18)33-28/h11-12,14,16,19-20,22,25H,4-10,13H2,1-3H3,(H,39,40)/t14?,16-,19+,20-,22-,25+/m1/s1. The van der Waals surface area contributed by atoms with E-state index in [1.165, 1.54) is 4.90 Å². The van der Waals surface area contributed by atoms with E-state index in [0.717, 1.165) is 44.3 Å². The lowest BCUT2D eigenvalue weighted by Gasteiger charge is -2.40. The van der Waals surface area contributed by atoms with E-state index >= 15 is 4.39 Å². The fourth-order valence-electron chi connectivity index (χ4n) is 7.98. The van der Waals surface area contributed by atoms with Gasteiger partial charge in [0.1, 0.15) is 11.6 Å². The largest absolute Gasteiger partial charge is 0.472 e. The third-order valence-electron chi connectivity index (χ3n) is 9.93. The molecule has 4 saturated heterocycles. The Morgan fingerprint density at radius 2 is 1.98 bits per heavy atom. The molecule has 8 rings (SSSR count). The maximum Gasteiger partial charge on any atom is 0.407 e. The second-order valence-electron chi connectivity index (χ2n) is 12.1. The van der Waals surface area contributed by atoms with Crippen molar-refractivity contribution in [1.29, 1.82) is 0 Å². The Morgan fingerprint density at radius 1 is 1.20 bits per heavy atom. The molecule has 1 N–H and O–H groups in total. The monoisotopic (exact) mass is 584 g/mol. The number of likely N-dealkylation sites (N-methyl/N-ethyl adjacent to an activating group) is 1. The van der Waals surface area contributed by atoms with Gasteiger partial charge in [-0.2, -0.15) is 0 Å². The Kier molecular flexibility index (Phi) is 6.31. The van der Waals surface area contributed by atoms with Crippen molar-refractivity contribution >= 4 is 45.4 Å². The molecule has 1 aliphatic carbocycles. The molecule has 3 aromatic rings. The number of hydrogen-bond acceptors (Lipinski definition) is 6. The maximum absolute atomic E-state index is 15.6. The lowest BCUT2D eigenvalue weighted by Crippen LogP contribution is -2.43. The van der Waals surface area contributed by atoms with E-state index < -0.39 is 11.9 Å². The molecule has 4 aliphatic heterocycles. The van der Waals surface area contributed by atoms with Crippen molar-refractivity contribution in [3.63, 3.8) is 0 Å². The van der Waals surface area contributed by atoms with Crippen molar-refractivity contribution in [3.05, 3.63) is 28.9 Å². The normalized spacial score (nSPS) is 28.6. The highest BCUT2D eigenvalue weighted by molar-refractivity contribution is 6.30. The molecule has 2 amide bonds. The van der Waals surface area contributed by atoms with Crippen LogP contribution < -0.4 is 4.74 Å². The van der Waals surface area contributed by atoms with E-state index in [9.17, 15) is 14.7 Å². The second-order valence-corrected chi connectivity index (χ2v) is 12.5. The number of rotatable bonds is 5. The quantitative estimate of drug-likeness (QED) is 0.428. The molecule has 12 heteroatoms. The summed E-state index contributed by atoms with van der Waals surface area (Å²) in [6.07, 6.45) is 4.90. The summed E-state index contributed by atoms with van der Waals surface area (Å²) in [5.74, 6) is -0.298. The summed E-state index contributed by atoms with van der Waals surface area (Å²) in [5.41, 5.74) is 1.68. The second kappa shape index (κ2) is 9.69. The van der Waals surface area contributed by atoms with Gasteiger partial charge in [0, 0.05) is 49.2 Å². The number of pyridine rings is 2. The highest BCUT2D eigenvalue weighted by Crippen LogP contribution is 2.54. The molecule has 1 unspecified atom stereocenters. The number of halogens is 2. The number of hydrogen-bond donors (Lipinski definition) is 1. The molecular formula is C29H34ClFN6O4. The minimum Gasteiger partial charge on any atom is -0.472 e. The first kappa shape index (κ1) is 26.7. The van der Waals surface area contributed by atoms with Crippen LogP contribution in [0, 0.1) is 11.7 Å². The summed E-state index contributed by atoms with van der Waals surface area (Å²) >= 11 is 6.14. The molecule has 5 fully saturated rings. The van der Waals surface area contributed by atoms with E-state index in [4.69, 9.17) is 21.3 Å². The van der Waals surface area contributed by atoms with Crippen molar-refractivity contribution < 1.29 is 23.8 Å². The summed E-state index contributed by atoms with van der Waals surface area (Å²) in [6, 6.07) is 1.68. The zero-order valence-electron chi connectivity index (χ0n) is 23.4. The van der Waals surface area contributed by atoms with Crippen molar-refractivity contribution in [2.75, 3.05) is 26.7 Å². The van der Waals surface area contributed by atoms with E-state index in [2.05, 4.69) is 21.5 Å². The lowest BCUT2D eigenvalue weighted by molar-refractivity contribution is -0.129. The van der Waals surface area contributed by atoms with Crippen LogP contribution in [0.1, 0.15) is 63.7 Å². The first-order valence-corrected chi connectivity index (χ1v) is 14.9. The third kappa shape index (κ3) is 3.99. The Balaban J connectivity index is 1.48. The van der Waals surface area contributed by atoms with Crippen LogP contribution in [0.15, 0.2) is 12.3 Å². The fourth-order valence-corrected chi connectivity index (χ4v) is 8.12. The van der Waals surface area contributed by atoms with Gasteiger partial charge in [0.05, 0.1) is 29.0 Å². The zero-order chi connectivity index (χ0) is 28.7. The molecule has 0 spiro atoms. The van der Waals surface area contributed by atoms with Gasteiger partial charge in [-0.05, 0) is 58.7 Å². The Bertz CT molecular complexity index is 1580. The van der Waals surface area contributed by atoms with Crippen LogP contribution in [0.3, 0.4) is 0 Å². The van der Waals surface area contributed by atoms with Gasteiger partial charge in [-0.15, -0.1) is 0 Å². The van der Waals surface area contributed by atoms with Gasteiger partial charge in [-0.3, -0.25) is 9.69 Å².